The molecule has 4 saturated heterocycles. The smallest absolute Gasteiger partial charge is 0.417 e. The first kappa shape index (κ1) is 75.8. The number of thiophene rings is 3. The highest BCUT2D eigenvalue weighted by Crippen LogP contribution is 2.44. The number of rotatable bonds is 16. The van der Waals surface area contributed by atoms with E-state index >= 15 is 0 Å². The number of amides is 2. The number of halogens is 3. The van der Waals surface area contributed by atoms with Crippen LogP contribution in [-0.2, 0) is 35.3 Å². The molecule has 15 rings (SSSR count). The molecule has 10 aromatic rings. The lowest BCUT2D eigenvalue weighted by Crippen LogP contribution is -2.51. The third-order valence-electron chi connectivity index (χ3n) is 19.3. The molecule has 4 fully saturated rings. The van der Waals surface area contributed by atoms with Gasteiger partial charge in [-0.15, -0.1) is 34.0 Å². The van der Waals surface area contributed by atoms with E-state index in [0.29, 0.717) is 68.6 Å². The number of pyridine rings is 1. The van der Waals surface area contributed by atoms with Gasteiger partial charge in [-0.3, -0.25) is 19.5 Å². The van der Waals surface area contributed by atoms with Crippen LogP contribution in [0.1, 0.15) is 113 Å². The molecule has 0 spiro atoms. The van der Waals surface area contributed by atoms with Crippen molar-refractivity contribution in [3.8, 4) is 33.8 Å². The van der Waals surface area contributed by atoms with Gasteiger partial charge in [-0.25, -0.2) is 59.6 Å². The third kappa shape index (κ3) is 18.6. The van der Waals surface area contributed by atoms with E-state index in [9.17, 15) is 22.8 Å². The zero-order valence-corrected chi connectivity index (χ0v) is 63.5. The van der Waals surface area contributed by atoms with Gasteiger partial charge in [-0.05, 0) is 127 Å². The number of anilines is 6. The minimum absolute atomic E-state index is 0.107. The van der Waals surface area contributed by atoms with E-state index in [-0.39, 0.29) is 41.0 Å². The van der Waals surface area contributed by atoms with Gasteiger partial charge in [0.05, 0.1) is 60.0 Å². The van der Waals surface area contributed by atoms with Gasteiger partial charge in [0.1, 0.15) is 18.0 Å². The Kier molecular flexibility index (Phi) is 23.9. The highest BCUT2D eigenvalue weighted by atomic mass is 32.1. The number of carbonyl (C=O) groups is 2. The fourth-order valence-electron chi connectivity index (χ4n) is 13.9. The first-order valence-corrected chi connectivity index (χ1v) is 39.0. The van der Waals surface area contributed by atoms with Crippen molar-refractivity contribution in [3.63, 3.8) is 0 Å². The average molecular weight is 1520 g/mol. The van der Waals surface area contributed by atoms with Gasteiger partial charge in [0.2, 0.25) is 35.6 Å². The Balaban J connectivity index is 0.000000143. The Morgan fingerprint density at radius 1 is 0.551 bits per heavy atom. The molecule has 32 heteroatoms. The van der Waals surface area contributed by atoms with Crippen LogP contribution in [-0.4, -0.2) is 208 Å². The topological polar surface area (TPSA) is 309 Å². The fraction of sp³-hybridized carbons (Fsp3) is 0.453. The maximum atomic E-state index is 14.1. The Morgan fingerprint density at radius 3 is 1.53 bits per heavy atom. The monoisotopic (exact) mass is 1520 g/mol. The Labute approximate surface area is 631 Å². The zero-order chi connectivity index (χ0) is 74.9. The summed E-state index contributed by atoms with van der Waals surface area (Å²) < 4.78 is 50.4. The van der Waals surface area contributed by atoms with E-state index in [1.807, 2.05) is 38.1 Å². The van der Waals surface area contributed by atoms with E-state index in [1.165, 1.54) is 53.7 Å². The second-order valence-corrected chi connectivity index (χ2v) is 31.3. The number of alkyl halides is 3. The van der Waals surface area contributed by atoms with Crippen molar-refractivity contribution in [1.82, 2.24) is 79.3 Å². The van der Waals surface area contributed by atoms with Gasteiger partial charge in [0, 0.05) is 168 Å². The van der Waals surface area contributed by atoms with Gasteiger partial charge in [0.25, 0.3) is 0 Å². The second kappa shape index (κ2) is 33.8. The van der Waals surface area contributed by atoms with Crippen LogP contribution in [0.3, 0.4) is 0 Å². The SMILES string of the molecule is CC(C)(C)OC(=O)N1CC=C(c2csc3c(-c4cnc(N)nc4)nc(N4CCCCC4)nc23)CC1.CN(Cc1ccccc1)Cc1csc2c(-c3cnc(N)nc3)nc(N3CCCCC3)nc12.CN(Cc1csc2c(-c3cnc(N)cc3C(F)(F)F)nc(N3CCCCC3)nc12)CN1CCN(C(=O)CO)CC1. The maximum Gasteiger partial charge on any atom is 0.417 e. The molecule has 26 nitrogen and oxygen atoms in total. The molecule has 7 N–H and O–H groups in total. The summed E-state index contributed by atoms with van der Waals surface area (Å²) in [5.41, 5.74) is 27.6. The molecule has 2 amide bonds. The largest absolute Gasteiger partial charge is 0.444 e. The van der Waals surface area contributed by atoms with Gasteiger partial charge >= 0.3 is 12.3 Å². The molecule has 0 atom stereocenters. The van der Waals surface area contributed by atoms with Gasteiger partial charge < -0.3 is 51.5 Å². The third-order valence-corrected chi connectivity index (χ3v) is 22.4. The van der Waals surface area contributed by atoms with Crippen LogP contribution in [0.2, 0.25) is 0 Å². The summed E-state index contributed by atoms with van der Waals surface area (Å²) in [5.74, 6) is 2.02. The number of nitrogen functional groups attached to an aromatic ring is 3. The van der Waals surface area contributed by atoms with Crippen molar-refractivity contribution >= 4 is 118 Å². The number of piperazine rings is 1. The van der Waals surface area contributed by atoms with Gasteiger partial charge in [-0.1, -0.05) is 36.4 Å². The molecular formula is C75H91F3N22O4S3. The predicted octanol–water partition coefficient (Wildman–Crippen LogP) is 12.0. The zero-order valence-electron chi connectivity index (χ0n) is 61.0. The van der Waals surface area contributed by atoms with Crippen LogP contribution < -0.4 is 31.9 Å². The lowest BCUT2D eigenvalue weighted by Gasteiger charge is -2.36. The lowest BCUT2D eigenvalue weighted by molar-refractivity contribution is -0.137. The molecule has 5 aliphatic heterocycles. The number of nitrogens with zero attached hydrogens (tertiary/aromatic N) is 19. The Morgan fingerprint density at radius 2 is 1.04 bits per heavy atom. The van der Waals surface area contributed by atoms with Crippen molar-refractivity contribution in [1.29, 1.82) is 0 Å². The van der Waals surface area contributed by atoms with Crippen molar-refractivity contribution < 1.29 is 32.6 Å². The number of nitrogens with two attached hydrogens (primary N) is 3. The van der Waals surface area contributed by atoms with Crippen LogP contribution in [0.4, 0.5) is 53.5 Å². The number of fused-ring (bicyclic) bond motifs is 3. The number of hydrogen-bond acceptors (Lipinski definition) is 27. The molecule has 1 aromatic carbocycles. The predicted molar refractivity (Wildman–Crippen MR) is 418 cm³/mol. The summed E-state index contributed by atoms with van der Waals surface area (Å²) in [6.45, 7) is 17.1. The Bertz CT molecular complexity index is 4740. The molecule has 5 aliphatic rings. The van der Waals surface area contributed by atoms with Crippen molar-refractivity contribution in [2.24, 2.45) is 0 Å². The molecule has 0 unspecified atom stereocenters. The quantitative estimate of drug-likeness (QED) is 0.0698. The van der Waals surface area contributed by atoms with Gasteiger partial charge in [0.15, 0.2) is 0 Å². The van der Waals surface area contributed by atoms with E-state index in [0.717, 1.165) is 169 Å². The number of piperidine rings is 3. The summed E-state index contributed by atoms with van der Waals surface area (Å²) in [5, 5.41) is 15.4. The number of aliphatic hydroxyl groups excluding tert-OH is 1. The summed E-state index contributed by atoms with van der Waals surface area (Å²) in [6.07, 6.45) is 16.3. The fourth-order valence-corrected chi connectivity index (χ4v) is 17.0. The average Bonchev–Trinajstić information content (AvgIpc) is 1.76. The molecule has 9 aromatic heterocycles. The van der Waals surface area contributed by atoms with E-state index < -0.39 is 23.9 Å². The minimum atomic E-state index is -4.62. The number of aromatic nitrogens is 11. The minimum Gasteiger partial charge on any atom is -0.444 e. The van der Waals surface area contributed by atoms with Crippen LogP contribution >= 0.6 is 34.0 Å². The molecule has 564 valence electrons. The van der Waals surface area contributed by atoms with Crippen molar-refractivity contribution in [2.75, 3.05) is 138 Å². The highest BCUT2D eigenvalue weighted by Gasteiger charge is 2.37. The highest BCUT2D eigenvalue weighted by molar-refractivity contribution is 7.18. The van der Waals surface area contributed by atoms with E-state index in [4.69, 9.17) is 52.0 Å². The number of benzene rings is 1. The molecule has 0 radical (unpaired) electrons. The standard InChI is InChI=1S/C26H33F3N8O2S.C25H31N7O2S.C24H27N7S/c1-34(16-35-7-9-36(10-8-35)21(39)14-38)13-17-15-40-24-22(17)32-25(37-5-3-2-4-6-37)33-23(24)18-12-31-20(30)11-19(18)26(27,28)29;1-25(2,3)34-24(33)32-11-7-16(8-12-32)18-15-35-21-19(17-13-27-22(26)28-14-17)29-23(30-20(18)21)31-9-5-4-6-10-31;1-30(14-17-8-4-2-5-9-17)15-19-16-32-22-20(18-12-26-23(25)27-13-18)28-24(29-21(19)22)31-10-6-3-7-11-31/h11-12,15,38H,2-10,13-14,16H2,1H3,(H2,30,31);7,13-15H,4-6,8-12H2,1-3H3,(H2,26,27,28);2,4-5,8-9,12-13,16H,3,6-7,10-11,14-15H2,1H3,(H2,25,26,27). The molecule has 0 saturated carbocycles. The number of aliphatic hydroxyl groups is 1. The number of carbonyl (C=O) groups excluding carboxylic acids is 2. The molecule has 107 heavy (non-hydrogen) atoms. The van der Waals surface area contributed by atoms with Crippen LogP contribution in [0, 0.1) is 0 Å². The lowest BCUT2D eigenvalue weighted by atomic mass is 10.0. The van der Waals surface area contributed by atoms with Crippen LogP contribution in [0.15, 0.2) is 89.6 Å². The molecule has 14 heterocycles. The van der Waals surface area contributed by atoms with Crippen LogP contribution in [0.5, 0.6) is 0 Å². The second-order valence-electron chi connectivity index (χ2n) is 28.7. The number of ether oxygens (including phenoxy) is 1. The first-order valence-electron chi connectivity index (χ1n) is 36.4. The van der Waals surface area contributed by atoms with Crippen molar-refractivity contribution in [3.05, 3.63) is 117 Å². The summed E-state index contributed by atoms with van der Waals surface area (Å²) in [7, 11) is 4.13. The maximum absolute atomic E-state index is 14.1. The summed E-state index contributed by atoms with van der Waals surface area (Å²) in [4.78, 5) is 91.3. The number of hydrogen-bond donors (Lipinski definition) is 4. The molecule has 0 aliphatic carbocycles. The van der Waals surface area contributed by atoms with Crippen LogP contribution in [0.25, 0.3) is 70.0 Å². The summed E-state index contributed by atoms with van der Waals surface area (Å²) in [6, 6.07) is 11.4. The normalized spacial score (nSPS) is 16.3. The van der Waals surface area contributed by atoms with E-state index in [1.54, 1.807) is 57.3 Å². The van der Waals surface area contributed by atoms with E-state index in [2.05, 4.69) is 109 Å². The molecular weight excluding hydrogens is 1430 g/mol. The van der Waals surface area contributed by atoms with Crippen molar-refractivity contribution in [2.45, 2.75) is 116 Å². The molecule has 0 bridgehead atoms. The Hall–Kier alpha value is -9.44. The first-order chi connectivity index (χ1) is 51.6. The summed E-state index contributed by atoms with van der Waals surface area (Å²) >= 11 is 4.64. The van der Waals surface area contributed by atoms with Gasteiger partial charge in [-0.2, -0.15) is 13.2 Å².